The number of thiazole rings is 1. The van der Waals surface area contributed by atoms with Crippen LogP contribution in [-0.4, -0.2) is 26.1 Å². The summed E-state index contributed by atoms with van der Waals surface area (Å²) < 4.78 is 0.899. The van der Waals surface area contributed by atoms with Gasteiger partial charge in [0.05, 0.1) is 33.5 Å². The molecule has 0 aliphatic heterocycles. The fourth-order valence-corrected chi connectivity index (χ4v) is 3.17. The van der Waals surface area contributed by atoms with Gasteiger partial charge < -0.3 is 5.32 Å². The third-order valence-electron chi connectivity index (χ3n) is 3.44. The standard InChI is InChI=1S/C15H11N5OS/c21-15(10-3-1-5-11-13(10)22-8-18-11)17-7-12-9-4-2-6-16-14(9)20-19-12/h1-6,8H,7H2,(H,17,21)(H,16,19,20). The van der Waals surface area contributed by atoms with Gasteiger partial charge in [0, 0.05) is 11.6 Å². The molecule has 1 amide bonds. The number of aromatic amines is 1. The predicted molar refractivity (Wildman–Crippen MR) is 84.7 cm³/mol. The number of nitrogens with one attached hydrogen (secondary N) is 2. The highest BCUT2D eigenvalue weighted by molar-refractivity contribution is 7.17. The van der Waals surface area contributed by atoms with Crippen LogP contribution in [0.25, 0.3) is 21.3 Å². The Hall–Kier alpha value is -2.80. The summed E-state index contributed by atoms with van der Waals surface area (Å²) in [5.41, 5.74) is 4.72. The minimum absolute atomic E-state index is 0.124. The predicted octanol–water partition coefficient (Wildman–Crippen LogP) is 2.50. The summed E-state index contributed by atoms with van der Waals surface area (Å²) in [4.78, 5) is 20.8. The lowest BCUT2D eigenvalue weighted by atomic mass is 10.2. The lowest BCUT2D eigenvalue weighted by molar-refractivity contribution is 0.0952. The van der Waals surface area contributed by atoms with Gasteiger partial charge in [-0.25, -0.2) is 9.97 Å². The maximum absolute atomic E-state index is 12.4. The van der Waals surface area contributed by atoms with Crippen LogP contribution >= 0.6 is 11.3 Å². The van der Waals surface area contributed by atoms with E-state index in [2.05, 4.69) is 25.5 Å². The van der Waals surface area contributed by atoms with Gasteiger partial charge in [0.25, 0.3) is 5.91 Å². The van der Waals surface area contributed by atoms with Crippen molar-refractivity contribution in [2.45, 2.75) is 6.54 Å². The maximum Gasteiger partial charge on any atom is 0.253 e. The van der Waals surface area contributed by atoms with Gasteiger partial charge in [-0.2, -0.15) is 5.10 Å². The monoisotopic (exact) mass is 309 g/mol. The number of nitrogens with zero attached hydrogens (tertiary/aromatic N) is 3. The molecule has 2 N–H and O–H groups in total. The van der Waals surface area contributed by atoms with Gasteiger partial charge in [0.2, 0.25) is 0 Å². The Labute approximate surface area is 129 Å². The fourth-order valence-electron chi connectivity index (χ4n) is 2.37. The molecule has 0 saturated heterocycles. The van der Waals surface area contributed by atoms with Gasteiger partial charge in [0.15, 0.2) is 5.65 Å². The molecule has 0 saturated carbocycles. The molecule has 6 nitrogen and oxygen atoms in total. The number of H-pyrrole nitrogens is 1. The van der Waals surface area contributed by atoms with Crippen LogP contribution in [0.2, 0.25) is 0 Å². The second kappa shape index (κ2) is 5.19. The lowest BCUT2D eigenvalue weighted by Crippen LogP contribution is -2.23. The van der Waals surface area contributed by atoms with Crippen LogP contribution in [0.5, 0.6) is 0 Å². The van der Waals surface area contributed by atoms with E-state index in [1.54, 1.807) is 11.7 Å². The molecule has 108 valence electrons. The van der Waals surface area contributed by atoms with Crippen molar-refractivity contribution in [1.82, 2.24) is 25.5 Å². The number of carbonyl (C=O) groups is 1. The first kappa shape index (κ1) is 12.9. The fraction of sp³-hybridized carbons (Fsp3) is 0.0667. The molecule has 0 unspecified atom stereocenters. The SMILES string of the molecule is O=C(NCc1[nH]nc2ncccc12)c1cccc2ncsc12. The Morgan fingerprint density at radius 1 is 1.23 bits per heavy atom. The van der Waals surface area contributed by atoms with Gasteiger partial charge in [-0.3, -0.25) is 9.89 Å². The van der Waals surface area contributed by atoms with E-state index in [0.29, 0.717) is 17.8 Å². The van der Waals surface area contributed by atoms with Crippen LogP contribution in [0.1, 0.15) is 16.1 Å². The van der Waals surface area contributed by atoms with E-state index in [1.165, 1.54) is 11.3 Å². The molecule has 0 aliphatic carbocycles. The van der Waals surface area contributed by atoms with E-state index in [1.807, 2.05) is 30.3 Å². The zero-order valence-corrected chi connectivity index (χ0v) is 12.2. The van der Waals surface area contributed by atoms with E-state index >= 15 is 0 Å². The first-order valence-corrected chi connectivity index (χ1v) is 7.59. The van der Waals surface area contributed by atoms with Gasteiger partial charge >= 0.3 is 0 Å². The summed E-state index contributed by atoms with van der Waals surface area (Å²) in [6, 6.07) is 9.32. The molecule has 0 radical (unpaired) electrons. The Balaban J connectivity index is 1.59. The number of hydrogen-bond acceptors (Lipinski definition) is 5. The normalized spacial score (nSPS) is 11.1. The van der Waals surface area contributed by atoms with Crippen molar-refractivity contribution >= 4 is 38.5 Å². The largest absolute Gasteiger partial charge is 0.346 e. The summed E-state index contributed by atoms with van der Waals surface area (Å²) >= 11 is 1.47. The minimum Gasteiger partial charge on any atom is -0.346 e. The molecule has 1 aromatic carbocycles. The van der Waals surface area contributed by atoms with Crippen molar-refractivity contribution in [2.24, 2.45) is 0 Å². The van der Waals surface area contributed by atoms with Crippen LogP contribution in [0.4, 0.5) is 0 Å². The smallest absolute Gasteiger partial charge is 0.253 e. The molecule has 3 aromatic heterocycles. The van der Waals surface area contributed by atoms with Crippen molar-refractivity contribution in [3.05, 3.63) is 53.3 Å². The summed E-state index contributed by atoms with van der Waals surface area (Å²) in [5, 5.41) is 10.9. The number of aromatic nitrogens is 4. The van der Waals surface area contributed by atoms with Crippen LogP contribution in [-0.2, 0) is 6.54 Å². The average Bonchev–Trinajstić information content (AvgIpc) is 3.19. The highest BCUT2D eigenvalue weighted by Crippen LogP contribution is 2.22. The molecule has 3 heterocycles. The van der Waals surface area contributed by atoms with Crippen LogP contribution < -0.4 is 5.32 Å². The second-order valence-electron chi connectivity index (χ2n) is 4.77. The van der Waals surface area contributed by atoms with E-state index in [0.717, 1.165) is 21.3 Å². The average molecular weight is 309 g/mol. The third kappa shape index (κ3) is 2.11. The van der Waals surface area contributed by atoms with E-state index in [-0.39, 0.29) is 5.91 Å². The molecule has 0 bridgehead atoms. The van der Waals surface area contributed by atoms with Crippen molar-refractivity contribution in [2.75, 3.05) is 0 Å². The van der Waals surface area contributed by atoms with Gasteiger partial charge in [0.1, 0.15) is 0 Å². The number of amides is 1. The summed E-state index contributed by atoms with van der Waals surface area (Å²) in [7, 11) is 0. The summed E-state index contributed by atoms with van der Waals surface area (Å²) in [6.45, 7) is 0.371. The van der Waals surface area contributed by atoms with Gasteiger partial charge in [-0.15, -0.1) is 11.3 Å². The highest BCUT2D eigenvalue weighted by atomic mass is 32.1. The van der Waals surface area contributed by atoms with Gasteiger partial charge in [-0.1, -0.05) is 6.07 Å². The number of rotatable bonds is 3. The number of carbonyl (C=O) groups excluding carboxylic acids is 1. The van der Waals surface area contributed by atoms with Crippen LogP contribution in [0.3, 0.4) is 0 Å². The van der Waals surface area contributed by atoms with Crippen molar-refractivity contribution in [3.8, 4) is 0 Å². The Kier molecular flexibility index (Phi) is 3.05. The molecular formula is C15H11N5OS. The number of benzene rings is 1. The third-order valence-corrected chi connectivity index (χ3v) is 4.31. The van der Waals surface area contributed by atoms with Gasteiger partial charge in [-0.05, 0) is 24.3 Å². The summed E-state index contributed by atoms with van der Waals surface area (Å²) in [5.74, 6) is -0.124. The van der Waals surface area contributed by atoms with Crippen molar-refractivity contribution in [3.63, 3.8) is 0 Å². The quantitative estimate of drug-likeness (QED) is 0.609. The molecular weight excluding hydrogens is 298 g/mol. The molecule has 4 rings (SSSR count). The number of fused-ring (bicyclic) bond motifs is 2. The van der Waals surface area contributed by atoms with E-state index < -0.39 is 0 Å². The number of hydrogen-bond donors (Lipinski definition) is 2. The lowest BCUT2D eigenvalue weighted by Gasteiger charge is -2.05. The second-order valence-corrected chi connectivity index (χ2v) is 5.62. The topological polar surface area (TPSA) is 83.6 Å². The minimum atomic E-state index is -0.124. The maximum atomic E-state index is 12.4. The molecule has 0 spiro atoms. The first-order chi connectivity index (χ1) is 10.8. The molecule has 0 atom stereocenters. The van der Waals surface area contributed by atoms with Crippen LogP contribution in [0, 0.1) is 0 Å². The Morgan fingerprint density at radius 3 is 3.14 bits per heavy atom. The molecule has 7 heteroatoms. The highest BCUT2D eigenvalue weighted by Gasteiger charge is 2.12. The zero-order valence-electron chi connectivity index (χ0n) is 11.4. The Morgan fingerprint density at radius 2 is 2.18 bits per heavy atom. The summed E-state index contributed by atoms with van der Waals surface area (Å²) in [6.07, 6.45) is 1.69. The number of pyridine rings is 1. The zero-order chi connectivity index (χ0) is 14.9. The van der Waals surface area contributed by atoms with E-state index in [4.69, 9.17) is 0 Å². The molecule has 22 heavy (non-hydrogen) atoms. The molecule has 4 aromatic rings. The van der Waals surface area contributed by atoms with Crippen molar-refractivity contribution in [1.29, 1.82) is 0 Å². The van der Waals surface area contributed by atoms with Crippen LogP contribution in [0.15, 0.2) is 42.0 Å². The first-order valence-electron chi connectivity index (χ1n) is 6.71. The molecule has 0 aliphatic rings. The Bertz CT molecular complexity index is 974. The van der Waals surface area contributed by atoms with Crippen molar-refractivity contribution < 1.29 is 4.79 Å². The van der Waals surface area contributed by atoms with E-state index in [9.17, 15) is 4.79 Å². The molecule has 0 fully saturated rings.